The second kappa shape index (κ2) is 10.3. The van der Waals surface area contributed by atoms with Gasteiger partial charge in [0.25, 0.3) is 0 Å². The summed E-state index contributed by atoms with van der Waals surface area (Å²) in [5.41, 5.74) is 2.67. The number of hydrogen-bond acceptors (Lipinski definition) is 5. The van der Waals surface area contributed by atoms with Crippen molar-refractivity contribution in [1.29, 1.82) is 0 Å². The van der Waals surface area contributed by atoms with Crippen LogP contribution in [0.2, 0.25) is 0 Å². The van der Waals surface area contributed by atoms with Crippen LogP contribution in [0.5, 0.6) is 5.75 Å². The van der Waals surface area contributed by atoms with Gasteiger partial charge in [-0.1, -0.05) is 29.8 Å². The summed E-state index contributed by atoms with van der Waals surface area (Å²) >= 11 is 0. The summed E-state index contributed by atoms with van der Waals surface area (Å²) in [7, 11) is -2.07. The molecule has 7 nitrogen and oxygen atoms in total. The van der Waals surface area contributed by atoms with Crippen LogP contribution >= 0.6 is 0 Å². The van der Waals surface area contributed by atoms with E-state index in [1.165, 1.54) is 24.5 Å². The molecule has 2 N–H and O–H groups in total. The Morgan fingerprint density at radius 3 is 2.56 bits per heavy atom. The minimum absolute atomic E-state index is 0.0705. The fourth-order valence-corrected chi connectivity index (χ4v) is 4.12. The Morgan fingerprint density at radius 1 is 1.16 bits per heavy atom. The SMILES string of the molecule is COc1ccc(C)cc1C(C)NC(=O)/C=C/c1ccc(S(=O)(=O)NCc2ccco2)cc1. The van der Waals surface area contributed by atoms with E-state index in [0.29, 0.717) is 17.1 Å². The average Bonchev–Trinajstić information content (AvgIpc) is 3.30. The van der Waals surface area contributed by atoms with Crippen molar-refractivity contribution in [3.05, 3.63) is 89.4 Å². The van der Waals surface area contributed by atoms with Crippen LogP contribution in [0, 0.1) is 6.92 Å². The fraction of sp³-hybridized carbons (Fsp3) is 0.208. The van der Waals surface area contributed by atoms with Crippen molar-refractivity contribution in [2.75, 3.05) is 7.11 Å². The highest BCUT2D eigenvalue weighted by atomic mass is 32.2. The molecule has 1 atom stereocenters. The molecule has 0 bridgehead atoms. The van der Waals surface area contributed by atoms with Gasteiger partial charge in [-0.15, -0.1) is 0 Å². The first-order valence-corrected chi connectivity index (χ1v) is 11.5. The predicted molar refractivity (Wildman–Crippen MR) is 122 cm³/mol. The lowest BCUT2D eigenvalue weighted by Gasteiger charge is -2.17. The van der Waals surface area contributed by atoms with Gasteiger partial charge in [-0.25, -0.2) is 13.1 Å². The molecule has 32 heavy (non-hydrogen) atoms. The van der Waals surface area contributed by atoms with Gasteiger partial charge in [-0.3, -0.25) is 4.79 Å². The number of sulfonamides is 1. The van der Waals surface area contributed by atoms with Crippen LogP contribution in [0.4, 0.5) is 0 Å². The van der Waals surface area contributed by atoms with Crippen LogP contribution in [0.25, 0.3) is 6.08 Å². The first-order chi connectivity index (χ1) is 15.3. The molecule has 3 rings (SSSR count). The molecule has 8 heteroatoms. The van der Waals surface area contributed by atoms with Gasteiger partial charge < -0.3 is 14.5 Å². The number of carbonyl (C=O) groups excluding carboxylic acids is 1. The molecule has 0 aliphatic heterocycles. The molecule has 0 aliphatic rings. The molecular weight excluding hydrogens is 428 g/mol. The Labute approximate surface area is 188 Å². The van der Waals surface area contributed by atoms with E-state index in [2.05, 4.69) is 10.0 Å². The highest BCUT2D eigenvalue weighted by Gasteiger charge is 2.15. The number of nitrogens with one attached hydrogen (secondary N) is 2. The zero-order valence-electron chi connectivity index (χ0n) is 18.2. The van der Waals surface area contributed by atoms with Crippen molar-refractivity contribution in [1.82, 2.24) is 10.0 Å². The first-order valence-electron chi connectivity index (χ1n) is 10.0. The van der Waals surface area contributed by atoms with Gasteiger partial charge in [0, 0.05) is 11.6 Å². The van der Waals surface area contributed by atoms with Gasteiger partial charge in [0.05, 0.1) is 30.9 Å². The lowest BCUT2D eigenvalue weighted by Crippen LogP contribution is -2.25. The number of methoxy groups -OCH3 is 1. The molecule has 0 aliphatic carbocycles. The lowest BCUT2D eigenvalue weighted by molar-refractivity contribution is -0.117. The third-order valence-corrected chi connectivity index (χ3v) is 6.26. The van der Waals surface area contributed by atoms with Crippen molar-refractivity contribution >= 4 is 22.0 Å². The number of benzene rings is 2. The minimum atomic E-state index is -3.67. The Bertz CT molecular complexity index is 1180. The third kappa shape index (κ3) is 6.09. The summed E-state index contributed by atoms with van der Waals surface area (Å²) in [6, 6.07) is 15.2. The van der Waals surface area contributed by atoms with Gasteiger partial charge in [0.1, 0.15) is 11.5 Å². The second-order valence-corrected chi connectivity index (χ2v) is 9.05. The van der Waals surface area contributed by atoms with E-state index in [1.807, 2.05) is 32.0 Å². The Balaban J connectivity index is 1.60. The van der Waals surface area contributed by atoms with Crippen LogP contribution in [-0.4, -0.2) is 21.4 Å². The highest BCUT2D eigenvalue weighted by molar-refractivity contribution is 7.89. The van der Waals surface area contributed by atoms with Gasteiger partial charge in [0.15, 0.2) is 0 Å². The average molecular weight is 455 g/mol. The van der Waals surface area contributed by atoms with Crippen molar-refractivity contribution in [3.8, 4) is 5.75 Å². The van der Waals surface area contributed by atoms with Gasteiger partial charge in [0.2, 0.25) is 15.9 Å². The van der Waals surface area contributed by atoms with E-state index >= 15 is 0 Å². The summed E-state index contributed by atoms with van der Waals surface area (Å²) in [5, 5.41) is 2.91. The van der Waals surface area contributed by atoms with Crippen molar-refractivity contribution < 1.29 is 22.4 Å². The number of amides is 1. The van der Waals surface area contributed by atoms with E-state index in [9.17, 15) is 13.2 Å². The van der Waals surface area contributed by atoms with Crippen molar-refractivity contribution in [3.63, 3.8) is 0 Å². The standard InChI is InChI=1S/C24H26N2O5S/c1-17-6-12-23(30-3)22(15-17)18(2)26-24(27)13-9-19-7-10-21(11-8-19)32(28,29)25-16-20-5-4-14-31-20/h4-15,18,25H,16H2,1-3H3,(H,26,27)/b13-9+. The summed E-state index contributed by atoms with van der Waals surface area (Å²) < 4.78 is 37.8. The van der Waals surface area contributed by atoms with Crippen molar-refractivity contribution in [2.45, 2.75) is 31.3 Å². The molecule has 1 unspecified atom stereocenters. The maximum Gasteiger partial charge on any atom is 0.244 e. The largest absolute Gasteiger partial charge is 0.496 e. The lowest BCUT2D eigenvalue weighted by atomic mass is 10.0. The minimum Gasteiger partial charge on any atom is -0.496 e. The first kappa shape index (κ1) is 23.3. The molecule has 0 fully saturated rings. The number of rotatable bonds is 9. The molecule has 0 spiro atoms. The number of ether oxygens (including phenoxy) is 1. The zero-order chi connectivity index (χ0) is 23.1. The van der Waals surface area contributed by atoms with Crippen LogP contribution in [0.15, 0.2) is 76.2 Å². The Hall–Kier alpha value is -3.36. The third-order valence-electron chi connectivity index (χ3n) is 4.84. The van der Waals surface area contributed by atoms with Crippen LogP contribution in [0.1, 0.15) is 35.4 Å². The molecule has 3 aromatic rings. The van der Waals surface area contributed by atoms with E-state index in [1.54, 1.807) is 37.5 Å². The summed E-state index contributed by atoms with van der Waals surface area (Å²) in [5.74, 6) is 0.972. The molecule has 1 heterocycles. The molecule has 1 amide bonds. The number of carbonyl (C=O) groups is 1. The van der Waals surface area contributed by atoms with E-state index < -0.39 is 10.0 Å². The van der Waals surface area contributed by atoms with Crippen LogP contribution in [-0.2, 0) is 21.4 Å². The number of furan rings is 1. The smallest absolute Gasteiger partial charge is 0.244 e. The summed E-state index contributed by atoms with van der Waals surface area (Å²) in [4.78, 5) is 12.5. The second-order valence-electron chi connectivity index (χ2n) is 7.28. The van der Waals surface area contributed by atoms with Crippen molar-refractivity contribution in [2.24, 2.45) is 0 Å². The van der Waals surface area contributed by atoms with Crippen LogP contribution in [0.3, 0.4) is 0 Å². The molecule has 1 aromatic heterocycles. The van der Waals surface area contributed by atoms with E-state index in [-0.39, 0.29) is 23.4 Å². The van der Waals surface area contributed by atoms with E-state index in [4.69, 9.17) is 9.15 Å². The monoisotopic (exact) mass is 454 g/mol. The number of aryl methyl sites for hydroxylation is 1. The molecule has 0 radical (unpaired) electrons. The predicted octanol–water partition coefficient (Wildman–Crippen LogP) is 3.97. The highest BCUT2D eigenvalue weighted by Crippen LogP contribution is 2.26. The van der Waals surface area contributed by atoms with Gasteiger partial charge in [-0.05, 0) is 55.8 Å². The maximum absolute atomic E-state index is 12.4. The maximum atomic E-state index is 12.4. The molecule has 0 saturated heterocycles. The fourth-order valence-electron chi connectivity index (χ4n) is 3.12. The Kier molecular flexibility index (Phi) is 7.50. The summed E-state index contributed by atoms with van der Waals surface area (Å²) in [6.07, 6.45) is 4.53. The molecule has 2 aromatic carbocycles. The van der Waals surface area contributed by atoms with E-state index in [0.717, 1.165) is 11.1 Å². The number of hydrogen-bond donors (Lipinski definition) is 2. The van der Waals surface area contributed by atoms with Gasteiger partial charge in [-0.2, -0.15) is 0 Å². The topological polar surface area (TPSA) is 97.6 Å². The Morgan fingerprint density at radius 2 is 1.91 bits per heavy atom. The molecule has 0 saturated carbocycles. The zero-order valence-corrected chi connectivity index (χ0v) is 19.0. The quantitative estimate of drug-likeness (QED) is 0.477. The van der Waals surface area contributed by atoms with Gasteiger partial charge >= 0.3 is 0 Å². The normalized spacial score (nSPS) is 12.6. The molecular formula is C24H26N2O5S. The van der Waals surface area contributed by atoms with Crippen LogP contribution < -0.4 is 14.8 Å². The molecule has 168 valence electrons. The summed E-state index contributed by atoms with van der Waals surface area (Å²) in [6.45, 7) is 3.94.